The summed E-state index contributed by atoms with van der Waals surface area (Å²) < 4.78 is 5.19. The van der Waals surface area contributed by atoms with E-state index in [0.717, 1.165) is 22.4 Å². The number of hydroxylamine groups is 1. The molecule has 0 unspecified atom stereocenters. The first kappa shape index (κ1) is 25.2. The first-order valence-electron chi connectivity index (χ1n) is 11.0. The third-order valence-electron chi connectivity index (χ3n) is 5.26. The van der Waals surface area contributed by atoms with Gasteiger partial charge >= 0.3 is 6.03 Å². The van der Waals surface area contributed by atoms with Crippen molar-refractivity contribution in [3.63, 3.8) is 0 Å². The molecule has 3 N–H and O–H groups in total. The average Bonchev–Trinajstić information content (AvgIpc) is 2.91. The summed E-state index contributed by atoms with van der Waals surface area (Å²) in [4.78, 5) is 38.3. The highest BCUT2D eigenvalue weighted by atomic mass is 16.5. The number of ether oxygens (including phenoxy) is 1. The summed E-state index contributed by atoms with van der Waals surface area (Å²) in [6.07, 6.45) is 3.36. The number of carbonyl (C=O) groups excluding carboxylic acids is 3. The number of nitrogens with zero attached hydrogens (tertiary/aromatic N) is 1. The maximum absolute atomic E-state index is 13.0. The molecule has 0 bridgehead atoms. The Bertz CT molecular complexity index is 1160. The molecule has 0 saturated carbocycles. The molecule has 3 aromatic rings. The minimum atomic E-state index is -0.626. The fourth-order valence-corrected chi connectivity index (χ4v) is 3.31. The molecule has 0 heterocycles. The number of hydrogen-bond acceptors (Lipinski definition) is 5. The van der Waals surface area contributed by atoms with Crippen LogP contribution in [0, 0.1) is 0 Å². The van der Waals surface area contributed by atoms with Gasteiger partial charge < -0.3 is 9.64 Å². The molecule has 8 heteroatoms. The van der Waals surface area contributed by atoms with Crippen LogP contribution in [0.25, 0.3) is 6.08 Å². The highest BCUT2D eigenvalue weighted by Crippen LogP contribution is 2.14. The molecule has 0 saturated heterocycles. The average molecular weight is 474 g/mol. The highest BCUT2D eigenvalue weighted by Gasteiger charge is 2.18. The number of hydrogen-bond donors (Lipinski definition) is 3. The van der Waals surface area contributed by atoms with Crippen LogP contribution in [0.2, 0.25) is 0 Å². The normalized spacial score (nSPS) is 10.6. The molecule has 8 nitrogen and oxygen atoms in total. The van der Waals surface area contributed by atoms with E-state index in [1.165, 1.54) is 11.6 Å². The van der Waals surface area contributed by atoms with E-state index in [1.807, 2.05) is 36.4 Å². The van der Waals surface area contributed by atoms with Crippen molar-refractivity contribution in [2.45, 2.75) is 13.0 Å². The molecule has 3 aromatic carbocycles. The zero-order valence-corrected chi connectivity index (χ0v) is 19.3. The molecular formula is C27H27N3O5. The van der Waals surface area contributed by atoms with E-state index in [2.05, 4.69) is 5.32 Å². The van der Waals surface area contributed by atoms with Crippen LogP contribution in [-0.4, -0.2) is 41.6 Å². The van der Waals surface area contributed by atoms with Crippen molar-refractivity contribution in [3.8, 4) is 5.75 Å². The van der Waals surface area contributed by atoms with Crippen molar-refractivity contribution in [2.75, 3.05) is 13.7 Å². The molecule has 0 spiro atoms. The van der Waals surface area contributed by atoms with Gasteiger partial charge in [-0.15, -0.1) is 0 Å². The van der Waals surface area contributed by atoms with E-state index < -0.39 is 17.8 Å². The van der Waals surface area contributed by atoms with Crippen molar-refractivity contribution in [2.24, 2.45) is 0 Å². The molecule has 180 valence electrons. The minimum absolute atomic E-state index is 0.283. The van der Waals surface area contributed by atoms with Crippen LogP contribution in [0.1, 0.15) is 27.0 Å². The predicted molar refractivity (Wildman–Crippen MR) is 132 cm³/mol. The van der Waals surface area contributed by atoms with E-state index in [1.54, 1.807) is 60.6 Å². The van der Waals surface area contributed by atoms with Crippen molar-refractivity contribution < 1.29 is 24.3 Å². The first-order chi connectivity index (χ1) is 17.0. The Balaban J connectivity index is 1.71. The summed E-state index contributed by atoms with van der Waals surface area (Å²) in [5.41, 5.74) is 4.57. The summed E-state index contributed by atoms with van der Waals surface area (Å²) in [6, 6.07) is 22.9. The number of urea groups is 1. The van der Waals surface area contributed by atoms with Gasteiger partial charge in [-0.3, -0.25) is 20.1 Å². The summed E-state index contributed by atoms with van der Waals surface area (Å²) in [7, 11) is 1.60. The lowest BCUT2D eigenvalue weighted by Crippen LogP contribution is -2.43. The summed E-state index contributed by atoms with van der Waals surface area (Å²) >= 11 is 0. The van der Waals surface area contributed by atoms with Crippen LogP contribution in [0.15, 0.2) is 84.9 Å². The van der Waals surface area contributed by atoms with E-state index in [4.69, 9.17) is 9.94 Å². The minimum Gasteiger partial charge on any atom is -0.497 e. The van der Waals surface area contributed by atoms with Gasteiger partial charge in [-0.2, -0.15) is 0 Å². The molecule has 0 aliphatic rings. The molecule has 0 aliphatic heterocycles. The number of methoxy groups -OCH3 is 1. The number of rotatable bonds is 9. The maximum atomic E-state index is 13.0. The first-order valence-corrected chi connectivity index (χ1v) is 11.0. The van der Waals surface area contributed by atoms with Crippen molar-refractivity contribution >= 4 is 23.9 Å². The second kappa shape index (κ2) is 12.7. The molecule has 0 radical (unpaired) electrons. The molecule has 35 heavy (non-hydrogen) atoms. The van der Waals surface area contributed by atoms with Gasteiger partial charge in [0.25, 0.3) is 11.8 Å². The second-order valence-electron chi connectivity index (χ2n) is 7.70. The smallest absolute Gasteiger partial charge is 0.324 e. The molecule has 0 aromatic heterocycles. The monoisotopic (exact) mass is 473 g/mol. The van der Waals surface area contributed by atoms with Gasteiger partial charge in [0, 0.05) is 24.7 Å². The number of amides is 4. The fraction of sp³-hybridized carbons (Fsp3) is 0.148. The molecule has 3 rings (SSSR count). The highest BCUT2D eigenvalue weighted by molar-refractivity contribution is 6.04. The van der Waals surface area contributed by atoms with Crippen molar-refractivity contribution in [3.05, 3.63) is 107 Å². The van der Waals surface area contributed by atoms with Crippen LogP contribution in [0.3, 0.4) is 0 Å². The zero-order valence-electron chi connectivity index (χ0n) is 19.3. The number of nitrogens with one attached hydrogen (secondary N) is 2. The van der Waals surface area contributed by atoms with Crippen LogP contribution < -0.4 is 15.5 Å². The zero-order chi connectivity index (χ0) is 25.0. The Hall–Kier alpha value is -4.43. The number of carbonyl (C=O) groups is 3. The van der Waals surface area contributed by atoms with Gasteiger partial charge in [0.15, 0.2) is 0 Å². The summed E-state index contributed by atoms with van der Waals surface area (Å²) in [5.74, 6) is -0.339. The Morgan fingerprint density at radius 3 is 2.20 bits per heavy atom. The number of benzene rings is 3. The Morgan fingerprint density at radius 2 is 1.57 bits per heavy atom. The second-order valence-corrected chi connectivity index (χ2v) is 7.70. The topological polar surface area (TPSA) is 108 Å². The van der Waals surface area contributed by atoms with E-state index in [0.29, 0.717) is 18.5 Å². The Morgan fingerprint density at radius 1 is 0.914 bits per heavy atom. The van der Waals surface area contributed by atoms with Gasteiger partial charge in [0.2, 0.25) is 0 Å². The van der Waals surface area contributed by atoms with E-state index >= 15 is 0 Å². The lowest BCUT2D eigenvalue weighted by molar-refractivity contribution is -0.124. The molecule has 0 atom stereocenters. The standard InChI is InChI=1S/C27H27N3O5/c1-35-24-14-11-21(12-15-24)17-18-30(27(33)28-26(32)23-5-3-2-4-6-23)19-22-9-7-20(8-10-22)13-16-25(31)29-34/h2-16,34H,17-19H2,1H3,(H,29,31)(H,28,32,33). The van der Waals surface area contributed by atoms with Crippen LogP contribution >= 0.6 is 0 Å². The van der Waals surface area contributed by atoms with Gasteiger partial charge in [0.05, 0.1) is 7.11 Å². The van der Waals surface area contributed by atoms with E-state index in [9.17, 15) is 14.4 Å². The molecular weight excluding hydrogens is 446 g/mol. The molecule has 0 aliphatic carbocycles. The lowest BCUT2D eigenvalue weighted by Gasteiger charge is -2.23. The molecule has 0 fully saturated rings. The van der Waals surface area contributed by atoms with Gasteiger partial charge in [-0.05, 0) is 53.5 Å². The SMILES string of the molecule is COc1ccc(CCN(Cc2ccc(C=CC(=O)NO)cc2)C(=O)NC(=O)c2ccccc2)cc1. The number of imide groups is 1. The maximum Gasteiger partial charge on any atom is 0.324 e. The van der Waals surface area contributed by atoms with Crippen molar-refractivity contribution in [1.82, 2.24) is 15.7 Å². The lowest BCUT2D eigenvalue weighted by atomic mass is 10.1. The van der Waals surface area contributed by atoms with Crippen LogP contribution in [-0.2, 0) is 17.8 Å². The Kier molecular flexibility index (Phi) is 9.15. The van der Waals surface area contributed by atoms with Gasteiger partial charge in [-0.25, -0.2) is 10.3 Å². The van der Waals surface area contributed by atoms with E-state index in [-0.39, 0.29) is 6.54 Å². The largest absolute Gasteiger partial charge is 0.497 e. The van der Waals surface area contributed by atoms with Gasteiger partial charge in [-0.1, -0.05) is 54.6 Å². The summed E-state index contributed by atoms with van der Waals surface area (Å²) in [5, 5.41) is 11.0. The third-order valence-corrected chi connectivity index (χ3v) is 5.26. The van der Waals surface area contributed by atoms with Crippen molar-refractivity contribution in [1.29, 1.82) is 0 Å². The predicted octanol–water partition coefficient (Wildman–Crippen LogP) is 3.81. The third kappa shape index (κ3) is 7.83. The van der Waals surface area contributed by atoms with Gasteiger partial charge in [0.1, 0.15) is 5.75 Å². The van der Waals surface area contributed by atoms with Crippen LogP contribution in [0.4, 0.5) is 4.79 Å². The quantitative estimate of drug-likeness (QED) is 0.249. The molecule has 4 amide bonds. The Labute approximate surface area is 203 Å². The summed E-state index contributed by atoms with van der Waals surface area (Å²) in [6.45, 7) is 0.670. The van der Waals surface area contributed by atoms with Crippen LogP contribution in [0.5, 0.6) is 5.75 Å². The fourth-order valence-electron chi connectivity index (χ4n) is 3.31.